The highest BCUT2D eigenvalue weighted by molar-refractivity contribution is 7.92. The van der Waals surface area contributed by atoms with Crippen LogP contribution < -0.4 is 20.4 Å². The SMILES string of the molecule is Cc1cc(C)c(N2CCN(c3c(C)cc(C)cc3C)C2=C2C=CC(P(=Cc3ccccc3)(c3ccccc3)c3ccccc3)=C(Cl)C2Cl)c(C)c1. The number of aryl methyl sites for hydroxylation is 6. The molecule has 2 aliphatic rings. The monoisotopic (exact) mass is 726 g/mol. The van der Waals surface area contributed by atoms with Crippen molar-refractivity contribution in [1.29, 1.82) is 0 Å². The highest BCUT2D eigenvalue weighted by Crippen LogP contribution is 2.58. The van der Waals surface area contributed by atoms with Crippen LogP contribution in [0, 0.1) is 41.5 Å². The molecule has 1 aliphatic heterocycles. The summed E-state index contributed by atoms with van der Waals surface area (Å²) in [7, 11) is 0. The Kier molecular flexibility index (Phi) is 9.97. The lowest BCUT2D eigenvalue weighted by molar-refractivity contribution is 1.00. The number of benzene rings is 5. The zero-order valence-corrected chi connectivity index (χ0v) is 32.7. The fraction of sp³-hybridized carbons (Fsp3) is 0.196. The van der Waals surface area contributed by atoms with Crippen LogP contribution >= 0.6 is 30.1 Å². The van der Waals surface area contributed by atoms with Crippen molar-refractivity contribution in [3.8, 4) is 0 Å². The number of hydrogen-bond acceptors (Lipinski definition) is 2. The van der Waals surface area contributed by atoms with Gasteiger partial charge in [-0.3, -0.25) is 0 Å². The summed E-state index contributed by atoms with van der Waals surface area (Å²) in [6.45, 7) is 12.5. The summed E-state index contributed by atoms with van der Waals surface area (Å²) in [4.78, 5) is 4.97. The molecular formula is C46H45Cl2N2P. The topological polar surface area (TPSA) is 6.48 Å². The van der Waals surface area contributed by atoms with Crippen LogP contribution in [0.3, 0.4) is 0 Å². The Balaban J connectivity index is 1.50. The molecule has 0 radical (unpaired) electrons. The molecule has 0 amide bonds. The third-order valence-electron chi connectivity index (χ3n) is 10.1. The molecule has 0 spiro atoms. The minimum atomic E-state index is -2.44. The van der Waals surface area contributed by atoms with Crippen molar-refractivity contribution in [2.24, 2.45) is 0 Å². The Bertz CT molecular complexity index is 2090. The van der Waals surface area contributed by atoms with Gasteiger partial charge in [0.2, 0.25) is 0 Å². The summed E-state index contributed by atoms with van der Waals surface area (Å²) in [5, 5.41) is 3.67. The predicted molar refractivity (Wildman–Crippen MR) is 225 cm³/mol. The lowest BCUT2D eigenvalue weighted by Gasteiger charge is -2.36. The number of nitrogens with zero attached hydrogens (tertiary/aromatic N) is 2. The number of anilines is 2. The van der Waals surface area contributed by atoms with Crippen molar-refractivity contribution in [2.45, 2.75) is 46.9 Å². The third kappa shape index (κ3) is 6.44. The Morgan fingerprint density at radius 3 is 1.43 bits per heavy atom. The van der Waals surface area contributed by atoms with E-state index < -0.39 is 12.3 Å². The van der Waals surface area contributed by atoms with E-state index in [0.29, 0.717) is 5.03 Å². The maximum atomic E-state index is 7.76. The van der Waals surface area contributed by atoms with Crippen molar-refractivity contribution in [3.05, 3.63) is 188 Å². The highest BCUT2D eigenvalue weighted by Gasteiger charge is 2.39. The molecule has 7 rings (SSSR count). The molecule has 51 heavy (non-hydrogen) atoms. The van der Waals surface area contributed by atoms with Gasteiger partial charge in [0.15, 0.2) is 0 Å². The normalized spacial score (nSPS) is 16.4. The maximum absolute atomic E-state index is 7.76. The van der Waals surface area contributed by atoms with Crippen molar-refractivity contribution in [3.63, 3.8) is 0 Å². The Morgan fingerprint density at radius 2 is 1.00 bits per heavy atom. The van der Waals surface area contributed by atoms with E-state index in [9.17, 15) is 0 Å². The van der Waals surface area contributed by atoms with Crippen molar-refractivity contribution in [2.75, 3.05) is 22.9 Å². The average molecular weight is 728 g/mol. The van der Waals surface area contributed by atoms with Crippen LogP contribution in [0.1, 0.15) is 38.9 Å². The van der Waals surface area contributed by atoms with E-state index in [0.717, 1.165) is 35.4 Å². The molecule has 0 N–H and O–H groups in total. The molecule has 258 valence electrons. The standard InChI is InChI=1S/C46H45Cl2N2P/c1-31-26-33(3)44(34(4)27-31)49-24-25-50(45-35(5)28-32(2)29-36(45)6)46(49)40-22-23-41(43(48)42(40)47)51(38-18-12-8-13-19-38,39-20-14-9-15-21-39)30-37-16-10-7-11-17-37/h7-23,26-30,42H,24-25H2,1-6H3. The van der Waals surface area contributed by atoms with Crippen LogP contribution in [0.4, 0.5) is 11.4 Å². The number of hydrogen-bond donors (Lipinski definition) is 0. The van der Waals surface area contributed by atoms with Crippen LogP contribution in [-0.4, -0.2) is 24.3 Å². The molecule has 1 unspecified atom stereocenters. The van der Waals surface area contributed by atoms with Gasteiger partial charge >= 0.3 is 0 Å². The smallest absolute Gasteiger partial charge is 0.118 e. The molecule has 1 saturated heterocycles. The van der Waals surface area contributed by atoms with Crippen molar-refractivity contribution >= 4 is 57.9 Å². The molecule has 0 bridgehead atoms. The lowest BCUT2D eigenvalue weighted by Crippen LogP contribution is -2.30. The zero-order chi connectivity index (χ0) is 35.9. The second-order valence-corrected chi connectivity index (χ2v) is 18.0. The van der Waals surface area contributed by atoms with Crippen molar-refractivity contribution in [1.82, 2.24) is 0 Å². The van der Waals surface area contributed by atoms with E-state index >= 15 is 0 Å². The van der Waals surface area contributed by atoms with Gasteiger partial charge in [-0.05, 0) is 92.7 Å². The van der Waals surface area contributed by atoms with Gasteiger partial charge < -0.3 is 9.80 Å². The molecule has 0 aromatic heterocycles. The van der Waals surface area contributed by atoms with E-state index in [1.165, 1.54) is 55.4 Å². The van der Waals surface area contributed by atoms with Crippen LogP contribution in [0.5, 0.6) is 0 Å². The van der Waals surface area contributed by atoms with Crippen LogP contribution in [0.15, 0.2) is 149 Å². The van der Waals surface area contributed by atoms with E-state index in [1.54, 1.807) is 0 Å². The van der Waals surface area contributed by atoms with Crippen LogP contribution in [-0.2, 0) is 0 Å². The van der Waals surface area contributed by atoms with Gasteiger partial charge in [-0.2, -0.15) is 0 Å². The number of allylic oxidation sites excluding steroid dienone is 5. The molecule has 5 aromatic rings. The van der Waals surface area contributed by atoms with E-state index in [-0.39, 0.29) is 0 Å². The molecule has 1 aliphatic carbocycles. The first-order chi connectivity index (χ1) is 24.6. The van der Waals surface area contributed by atoms with Gasteiger partial charge in [0.05, 0.1) is 5.38 Å². The van der Waals surface area contributed by atoms with Gasteiger partial charge in [0.1, 0.15) is 5.82 Å². The van der Waals surface area contributed by atoms with Crippen molar-refractivity contribution < 1.29 is 0 Å². The largest absolute Gasteiger partial charge is 0.325 e. The Morgan fingerprint density at radius 1 is 0.588 bits per heavy atom. The van der Waals surface area contributed by atoms with E-state index in [2.05, 4.69) is 185 Å². The lowest BCUT2D eigenvalue weighted by atomic mass is 10.0. The number of rotatable bonds is 6. The first-order valence-electron chi connectivity index (χ1n) is 17.7. The predicted octanol–water partition coefficient (Wildman–Crippen LogP) is 11.2. The molecule has 2 nitrogen and oxygen atoms in total. The number of alkyl halides is 1. The Labute approximate surface area is 314 Å². The fourth-order valence-corrected chi connectivity index (χ4v) is 13.2. The maximum Gasteiger partial charge on any atom is 0.118 e. The molecular weight excluding hydrogens is 682 g/mol. The highest BCUT2D eigenvalue weighted by atomic mass is 35.5. The first-order valence-corrected chi connectivity index (χ1v) is 20.4. The molecule has 1 atom stereocenters. The Hall–Kier alpha value is -4.20. The third-order valence-corrected chi connectivity index (χ3v) is 15.3. The van der Waals surface area contributed by atoms with Crippen LogP contribution in [0.2, 0.25) is 0 Å². The van der Waals surface area contributed by atoms with Gasteiger partial charge in [0, 0.05) is 40.4 Å². The molecule has 1 heterocycles. The molecule has 5 aromatic carbocycles. The summed E-state index contributed by atoms with van der Waals surface area (Å²) >= 11 is 15.5. The minimum absolute atomic E-state index is 0.558. The van der Waals surface area contributed by atoms with Gasteiger partial charge in [-0.15, -0.1) is 11.6 Å². The summed E-state index contributed by atoms with van der Waals surface area (Å²) in [6.07, 6.45) is 4.53. The van der Waals surface area contributed by atoms with Gasteiger partial charge in [-0.1, -0.05) is 150 Å². The zero-order valence-electron chi connectivity index (χ0n) is 30.3. The second kappa shape index (κ2) is 14.4. The quantitative estimate of drug-likeness (QED) is 0.127. The first kappa shape index (κ1) is 35.2. The summed E-state index contributed by atoms with van der Waals surface area (Å²) in [5.74, 6) is 3.55. The van der Waals surface area contributed by atoms with Crippen LogP contribution in [0.25, 0.3) is 0 Å². The number of halogens is 2. The van der Waals surface area contributed by atoms with E-state index in [4.69, 9.17) is 23.2 Å². The molecule has 1 fully saturated rings. The molecule has 5 heteroatoms. The van der Waals surface area contributed by atoms with Gasteiger partial charge in [0.25, 0.3) is 0 Å². The average Bonchev–Trinajstić information content (AvgIpc) is 3.52. The summed E-state index contributed by atoms with van der Waals surface area (Å²) in [6, 6.07) is 41.4. The summed E-state index contributed by atoms with van der Waals surface area (Å²) in [5.41, 5.74) is 12.2. The van der Waals surface area contributed by atoms with Gasteiger partial charge in [-0.25, -0.2) is 0 Å². The fourth-order valence-electron chi connectivity index (χ4n) is 8.31. The minimum Gasteiger partial charge on any atom is -0.325 e. The van der Waals surface area contributed by atoms with E-state index in [1.807, 2.05) is 0 Å². The second-order valence-electron chi connectivity index (χ2n) is 13.9. The summed E-state index contributed by atoms with van der Waals surface area (Å²) < 4.78 is 0. The molecule has 0 saturated carbocycles.